The summed E-state index contributed by atoms with van der Waals surface area (Å²) in [4.78, 5) is 19.6. The van der Waals surface area contributed by atoms with Gasteiger partial charge in [-0.25, -0.2) is 4.98 Å². The van der Waals surface area contributed by atoms with E-state index in [2.05, 4.69) is 30.4 Å². The second-order valence-corrected chi connectivity index (χ2v) is 8.92. The van der Waals surface area contributed by atoms with Crippen molar-refractivity contribution in [3.8, 4) is 0 Å². The lowest BCUT2D eigenvalue weighted by atomic mass is 9.98. The Hall–Kier alpha value is -1.95. The first-order valence-corrected chi connectivity index (χ1v) is 11.0. The van der Waals surface area contributed by atoms with Crippen LogP contribution in [0, 0.1) is 0 Å². The second kappa shape index (κ2) is 8.60. The molecule has 0 radical (unpaired) electrons. The summed E-state index contributed by atoms with van der Waals surface area (Å²) in [5.74, 6) is 0.542. The molecule has 0 spiro atoms. The molecule has 3 aromatic rings. The third-order valence-electron chi connectivity index (χ3n) is 5.48. The lowest BCUT2D eigenvalue weighted by Gasteiger charge is -2.31. The number of carbonyl (C=O) groups is 1. The van der Waals surface area contributed by atoms with Crippen LogP contribution in [0.1, 0.15) is 42.3 Å². The SMILES string of the molecule is C[C@@H]([NH2+]CC(=O)N1CCC[C@@H](c2nc3ccccc3s2)C1)c1ccccc1Cl. The van der Waals surface area contributed by atoms with Crippen LogP contribution in [0.3, 0.4) is 0 Å². The van der Waals surface area contributed by atoms with Crippen molar-refractivity contribution >= 4 is 39.1 Å². The average Bonchev–Trinajstić information content (AvgIpc) is 3.16. The number of fused-ring (bicyclic) bond motifs is 1. The Kier molecular flexibility index (Phi) is 5.95. The molecule has 1 saturated heterocycles. The number of amides is 1. The summed E-state index contributed by atoms with van der Waals surface area (Å²) in [5.41, 5.74) is 2.14. The Labute approximate surface area is 174 Å². The number of para-hydroxylation sites is 1. The molecule has 0 unspecified atom stereocenters. The third kappa shape index (κ3) is 4.22. The molecule has 2 aromatic carbocycles. The number of likely N-dealkylation sites (tertiary alicyclic amines) is 1. The molecule has 146 valence electrons. The summed E-state index contributed by atoms with van der Waals surface area (Å²) in [6, 6.07) is 16.3. The van der Waals surface area contributed by atoms with E-state index in [0.717, 1.165) is 47.0 Å². The highest BCUT2D eigenvalue weighted by molar-refractivity contribution is 7.18. The molecule has 4 nitrogen and oxygen atoms in total. The average molecular weight is 415 g/mol. The molecule has 1 aliphatic heterocycles. The van der Waals surface area contributed by atoms with Crippen LogP contribution in [0.15, 0.2) is 48.5 Å². The Bertz CT molecular complexity index is 940. The van der Waals surface area contributed by atoms with Crippen LogP contribution < -0.4 is 5.32 Å². The first-order valence-electron chi connectivity index (χ1n) is 9.83. The first kappa shape index (κ1) is 19.4. The molecule has 0 bridgehead atoms. The number of piperidine rings is 1. The normalized spacial score (nSPS) is 18.4. The Morgan fingerprint density at radius 2 is 2.07 bits per heavy atom. The number of thiazole rings is 1. The number of rotatable bonds is 5. The van der Waals surface area contributed by atoms with Crippen molar-refractivity contribution in [1.82, 2.24) is 9.88 Å². The van der Waals surface area contributed by atoms with Crippen molar-refractivity contribution < 1.29 is 10.1 Å². The number of benzene rings is 2. The van der Waals surface area contributed by atoms with Gasteiger partial charge in [0.2, 0.25) is 0 Å². The van der Waals surface area contributed by atoms with E-state index >= 15 is 0 Å². The van der Waals surface area contributed by atoms with Crippen molar-refractivity contribution in [3.05, 3.63) is 64.1 Å². The fourth-order valence-corrected chi connectivity index (χ4v) is 5.25. The van der Waals surface area contributed by atoms with E-state index in [1.165, 1.54) is 4.70 Å². The van der Waals surface area contributed by atoms with Crippen LogP contribution in [0.25, 0.3) is 10.2 Å². The van der Waals surface area contributed by atoms with Gasteiger partial charge in [-0.15, -0.1) is 11.3 Å². The molecule has 2 heterocycles. The van der Waals surface area contributed by atoms with E-state index in [1.807, 2.05) is 35.2 Å². The van der Waals surface area contributed by atoms with Crippen LogP contribution in [-0.4, -0.2) is 35.4 Å². The molecule has 28 heavy (non-hydrogen) atoms. The van der Waals surface area contributed by atoms with Gasteiger partial charge in [0, 0.05) is 29.6 Å². The number of nitrogens with zero attached hydrogens (tertiary/aromatic N) is 2. The lowest BCUT2D eigenvalue weighted by Crippen LogP contribution is -2.87. The van der Waals surface area contributed by atoms with Crippen LogP contribution in [0.4, 0.5) is 0 Å². The van der Waals surface area contributed by atoms with Crippen LogP contribution in [0.5, 0.6) is 0 Å². The molecule has 1 aromatic heterocycles. The summed E-state index contributed by atoms with van der Waals surface area (Å²) in [6.45, 7) is 4.15. The number of hydrogen-bond donors (Lipinski definition) is 1. The number of aromatic nitrogens is 1. The number of carbonyl (C=O) groups excluding carboxylic acids is 1. The van der Waals surface area contributed by atoms with Crippen LogP contribution in [0.2, 0.25) is 5.02 Å². The summed E-state index contributed by atoms with van der Waals surface area (Å²) < 4.78 is 1.22. The number of quaternary nitrogens is 1. The van der Waals surface area contributed by atoms with Gasteiger partial charge < -0.3 is 10.2 Å². The standard InChI is InChI=1S/C22H24ClN3OS/c1-15(17-8-2-3-9-18(17)23)24-13-21(27)26-12-6-7-16(14-26)22-25-19-10-4-5-11-20(19)28-22/h2-5,8-11,15-16,24H,6-7,12-14H2,1H3/p+1/t15-,16-/m1/s1. The van der Waals surface area contributed by atoms with Gasteiger partial charge in [0.25, 0.3) is 5.91 Å². The quantitative estimate of drug-likeness (QED) is 0.686. The van der Waals surface area contributed by atoms with Gasteiger partial charge in [-0.05, 0) is 38.0 Å². The number of nitrogens with two attached hydrogens (primary N) is 1. The van der Waals surface area contributed by atoms with Crippen molar-refractivity contribution in [3.63, 3.8) is 0 Å². The molecular weight excluding hydrogens is 390 g/mol. The fraction of sp³-hybridized carbons (Fsp3) is 0.364. The smallest absolute Gasteiger partial charge is 0.277 e. The van der Waals surface area contributed by atoms with Gasteiger partial charge >= 0.3 is 0 Å². The van der Waals surface area contributed by atoms with E-state index in [-0.39, 0.29) is 11.9 Å². The van der Waals surface area contributed by atoms with Gasteiger partial charge in [0.15, 0.2) is 6.54 Å². The molecule has 1 aliphatic rings. The summed E-state index contributed by atoms with van der Waals surface area (Å²) in [5, 5.41) is 3.99. The summed E-state index contributed by atoms with van der Waals surface area (Å²) in [6.07, 6.45) is 2.13. The van der Waals surface area contributed by atoms with Crippen molar-refractivity contribution in [2.24, 2.45) is 0 Å². The van der Waals surface area contributed by atoms with Crippen LogP contribution in [-0.2, 0) is 4.79 Å². The van der Waals surface area contributed by atoms with Gasteiger partial charge in [-0.1, -0.05) is 41.9 Å². The van der Waals surface area contributed by atoms with Gasteiger partial charge in [-0.2, -0.15) is 0 Å². The molecule has 1 fully saturated rings. The van der Waals surface area contributed by atoms with Crippen molar-refractivity contribution in [2.75, 3.05) is 19.6 Å². The van der Waals surface area contributed by atoms with E-state index in [0.29, 0.717) is 12.5 Å². The van der Waals surface area contributed by atoms with Gasteiger partial charge in [-0.3, -0.25) is 4.79 Å². The first-order chi connectivity index (χ1) is 13.6. The Morgan fingerprint density at radius 1 is 1.29 bits per heavy atom. The fourth-order valence-electron chi connectivity index (χ4n) is 3.85. The van der Waals surface area contributed by atoms with E-state index in [1.54, 1.807) is 11.3 Å². The highest BCUT2D eigenvalue weighted by Gasteiger charge is 2.28. The zero-order chi connectivity index (χ0) is 19.5. The molecule has 0 saturated carbocycles. The predicted molar refractivity (Wildman–Crippen MR) is 115 cm³/mol. The van der Waals surface area contributed by atoms with Crippen molar-refractivity contribution in [2.45, 2.75) is 31.7 Å². The number of hydrogen-bond acceptors (Lipinski definition) is 3. The topological polar surface area (TPSA) is 49.8 Å². The molecule has 0 aliphatic carbocycles. The number of halogens is 1. The maximum Gasteiger partial charge on any atom is 0.277 e. The third-order valence-corrected chi connectivity index (χ3v) is 7.02. The zero-order valence-electron chi connectivity index (χ0n) is 16.0. The monoisotopic (exact) mass is 414 g/mol. The molecule has 2 N–H and O–H groups in total. The largest absolute Gasteiger partial charge is 0.337 e. The maximum absolute atomic E-state index is 12.8. The minimum Gasteiger partial charge on any atom is -0.337 e. The summed E-state index contributed by atoms with van der Waals surface area (Å²) in [7, 11) is 0. The molecule has 1 amide bonds. The highest BCUT2D eigenvalue weighted by atomic mass is 35.5. The van der Waals surface area contributed by atoms with Gasteiger partial charge in [0.05, 0.1) is 15.2 Å². The van der Waals surface area contributed by atoms with Crippen LogP contribution >= 0.6 is 22.9 Å². The zero-order valence-corrected chi connectivity index (χ0v) is 17.5. The molecular formula is C22H25ClN3OS+. The molecule has 6 heteroatoms. The van der Waals surface area contributed by atoms with E-state index in [4.69, 9.17) is 16.6 Å². The molecule has 2 atom stereocenters. The highest BCUT2D eigenvalue weighted by Crippen LogP contribution is 2.32. The van der Waals surface area contributed by atoms with Crippen molar-refractivity contribution in [1.29, 1.82) is 0 Å². The van der Waals surface area contributed by atoms with Gasteiger partial charge in [0.1, 0.15) is 6.04 Å². The maximum atomic E-state index is 12.8. The lowest BCUT2D eigenvalue weighted by molar-refractivity contribution is -0.683. The Balaban J connectivity index is 1.37. The molecule has 4 rings (SSSR count). The minimum atomic E-state index is 0.155. The summed E-state index contributed by atoms with van der Waals surface area (Å²) >= 11 is 8.05. The van der Waals surface area contributed by atoms with E-state index in [9.17, 15) is 4.79 Å². The minimum absolute atomic E-state index is 0.155. The predicted octanol–water partition coefficient (Wildman–Crippen LogP) is 3.98. The Morgan fingerprint density at radius 3 is 2.89 bits per heavy atom. The second-order valence-electron chi connectivity index (χ2n) is 7.45. The van der Waals surface area contributed by atoms with E-state index < -0.39 is 0 Å².